The molecule has 0 saturated heterocycles. The predicted octanol–water partition coefficient (Wildman–Crippen LogP) is 3.03. The minimum atomic E-state index is -0.537. The number of ether oxygens (including phenoxy) is 1. The summed E-state index contributed by atoms with van der Waals surface area (Å²) < 4.78 is 9.98. The number of rotatable bonds is 6. The van der Waals surface area contributed by atoms with Crippen LogP contribution in [0.15, 0.2) is 53.1 Å². The fourth-order valence-electron chi connectivity index (χ4n) is 2.41. The zero-order valence-corrected chi connectivity index (χ0v) is 14.9. The summed E-state index contributed by atoms with van der Waals surface area (Å²) in [5.41, 5.74) is 1.40. The third-order valence-corrected chi connectivity index (χ3v) is 3.67. The average Bonchev–Trinajstić information content (AvgIpc) is 3.19. The van der Waals surface area contributed by atoms with Gasteiger partial charge in [0.1, 0.15) is 11.5 Å². The lowest BCUT2D eigenvalue weighted by molar-refractivity contribution is 0.0602. The molecule has 0 unspecified atom stereocenters. The molecule has 0 aliphatic rings. The zero-order valence-electron chi connectivity index (χ0n) is 14.9. The number of aromatic nitrogens is 2. The van der Waals surface area contributed by atoms with Gasteiger partial charge < -0.3 is 19.8 Å². The Hall–Kier alpha value is -3.68. The van der Waals surface area contributed by atoms with Crippen molar-refractivity contribution in [1.29, 1.82) is 0 Å². The molecule has 3 aromatic rings. The van der Waals surface area contributed by atoms with Gasteiger partial charge in [0.15, 0.2) is 0 Å². The molecule has 2 N–H and O–H groups in total. The molecular formula is C19H18N4O4. The minimum Gasteiger partial charge on any atom is -0.467 e. The second-order valence-electron chi connectivity index (χ2n) is 5.64. The first kappa shape index (κ1) is 18.1. The van der Waals surface area contributed by atoms with Crippen LogP contribution in [0.4, 0.5) is 11.6 Å². The van der Waals surface area contributed by atoms with Crippen molar-refractivity contribution in [3.05, 3.63) is 71.4 Å². The Kier molecular flexibility index (Phi) is 5.46. The van der Waals surface area contributed by atoms with E-state index in [0.29, 0.717) is 23.9 Å². The monoisotopic (exact) mass is 366 g/mol. The number of hydrogen-bond acceptors (Lipinski definition) is 7. The maximum absolute atomic E-state index is 12.6. The number of para-hydroxylation sites is 1. The molecule has 0 saturated carbocycles. The number of carbonyl (C=O) groups is 2. The van der Waals surface area contributed by atoms with Crippen LogP contribution in [0, 0.1) is 6.92 Å². The highest BCUT2D eigenvalue weighted by Gasteiger charge is 2.16. The van der Waals surface area contributed by atoms with E-state index in [-0.39, 0.29) is 11.3 Å². The lowest BCUT2D eigenvalue weighted by Crippen LogP contribution is -2.18. The smallest absolute Gasteiger partial charge is 0.339 e. The van der Waals surface area contributed by atoms with E-state index < -0.39 is 11.9 Å². The Bertz CT molecular complexity index is 954. The lowest BCUT2D eigenvalue weighted by Gasteiger charge is -2.10. The van der Waals surface area contributed by atoms with E-state index in [9.17, 15) is 9.59 Å². The van der Waals surface area contributed by atoms with E-state index in [2.05, 4.69) is 20.6 Å². The maximum Gasteiger partial charge on any atom is 0.339 e. The fourth-order valence-corrected chi connectivity index (χ4v) is 2.41. The van der Waals surface area contributed by atoms with Crippen LogP contribution in [-0.4, -0.2) is 29.0 Å². The molecule has 2 aromatic heterocycles. The van der Waals surface area contributed by atoms with Gasteiger partial charge in [-0.25, -0.2) is 14.8 Å². The molecular weight excluding hydrogens is 348 g/mol. The largest absolute Gasteiger partial charge is 0.467 e. The van der Waals surface area contributed by atoms with Crippen LogP contribution < -0.4 is 10.6 Å². The summed E-state index contributed by atoms with van der Waals surface area (Å²) in [7, 11) is 1.28. The first-order chi connectivity index (χ1) is 13.1. The van der Waals surface area contributed by atoms with Gasteiger partial charge in [-0.2, -0.15) is 0 Å². The van der Waals surface area contributed by atoms with E-state index in [1.165, 1.54) is 7.11 Å². The highest BCUT2D eigenvalue weighted by molar-refractivity contribution is 6.07. The molecule has 27 heavy (non-hydrogen) atoms. The van der Waals surface area contributed by atoms with Gasteiger partial charge in [-0.3, -0.25) is 4.79 Å². The molecule has 0 radical (unpaired) electrons. The van der Waals surface area contributed by atoms with E-state index >= 15 is 0 Å². The lowest BCUT2D eigenvalue weighted by atomic mass is 10.1. The SMILES string of the molecule is COC(=O)c1ccccc1NC(=O)c1cc(C)nc(NCc2ccco2)n1. The van der Waals surface area contributed by atoms with Crippen molar-refractivity contribution in [2.75, 3.05) is 17.7 Å². The van der Waals surface area contributed by atoms with Gasteiger partial charge >= 0.3 is 5.97 Å². The Morgan fingerprint density at radius 1 is 1.15 bits per heavy atom. The molecule has 0 spiro atoms. The van der Waals surface area contributed by atoms with Crippen LogP contribution in [0.2, 0.25) is 0 Å². The Morgan fingerprint density at radius 3 is 2.70 bits per heavy atom. The number of methoxy groups -OCH3 is 1. The van der Waals surface area contributed by atoms with Gasteiger partial charge in [0.05, 0.1) is 31.2 Å². The standard InChI is InChI=1S/C19H18N4O4/c1-12-10-16(23-19(21-12)20-11-13-6-5-9-27-13)17(24)22-15-8-4-3-7-14(15)18(25)26-2/h3-10H,11H2,1-2H3,(H,22,24)(H,20,21,23). The number of furan rings is 1. The van der Waals surface area contributed by atoms with Crippen LogP contribution in [-0.2, 0) is 11.3 Å². The number of hydrogen-bond donors (Lipinski definition) is 2. The summed E-state index contributed by atoms with van der Waals surface area (Å²) in [6.07, 6.45) is 1.58. The third kappa shape index (κ3) is 4.49. The van der Waals surface area contributed by atoms with Crippen molar-refractivity contribution in [3.63, 3.8) is 0 Å². The highest BCUT2D eigenvalue weighted by Crippen LogP contribution is 2.17. The van der Waals surface area contributed by atoms with E-state index in [4.69, 9.17) is 9.15 Å². The summed E-state index contributed by atoms with van der Waals surface area (Å²) in [6.45, 7) is 2.15. The van der Waals surface area contributed by atoms with Crippen LogP contribution in [0.3, 0.4) is 0 Å². The molecule has 2 heterocycles. The van der Waals surface area contributed by atoms with Gasteiger partial charge in [-0.1, -0.05) is 12.1 Å². The van der Waals surface area contributed by atoms with Gasteiger partial charge in [-0.15, -0.1) is 0 Å². The number of anilines is 2. The Balaban J connectivity index is 1.78. The molecule has 0 aliphatic carbocycles. The molecule has 0 atom stereocenters. The summed E-state index contributed by atoms with van der Waals surface area (Å²) >= 11 is 0. The minimum absolute atomic E-state index is 0.170. The number of amides is 1. The average molecular weight is 366 g/mol. The van der Waals surface area contributed by atoms with E-state index in [1.807, 2.05) is 6.07 Å². The molecule has 1 amide bonds. The summed E-state index contributed by atoms with van der Waals surface area (Å²) in [6, 6.07) is 11.8. The van der Waals surface area contributed by atoms with Crippen molar-refractivity contribution in [2.45, 2.75) is 13.5 Å². The van der Waals surface area contributed by atoms with Crippen molar-refractivity contribution in [2.24, 2.45) is 0 Å². The van der Waals surface area contributed by atoms with Gasteiger partial charge in [0.25, 0.3) is 5.91 Å². The number of esters is 1. The molecule has 8 heteroatoms. The number of nitrogens with one attached hydrogen (secondary N) is 2. The van der Waals surface area contributed by atoms with Crippen LogP contribution in [0.1, 0.15) is 32.3 Å². The number of carbonyl (C=O) groups excluding carboxylic acids is 2. The van der Waals surface area contributed by atoms with Crippen LogP contribution in [0.25, 0.3) is 0 Å². The second kappa shape index (κ2) is 8.13. The molecule has 8 nitrogen and oxygen atoms in total. The van der Waals surface area contributed by atoms with Gasteiger partial charge in [0, 0.05) is 5.69 Å². The fraction of sp³-hybridized carbons (Fsp3) is 0.158. The normalized spacial score (nSPS) is 10.3. The van der Waals surface area contributed by atoms with Crippen LogP contribution in [0.5, 0.6) is 0 Å². The second-order valence-corrected chi connectivity index (χ2v) is 5.64. The van der Waals surface area contributed by atoms with Gasteiger partial charge in [0.2, 0.25) is 5.95 Å². The summed E-state index contributed by atoms with van der Waals surface area (Å²) in [4.78, 5) is 33.0. The van der Waals surface area contributed by atoms with Crippen molar-refractivity contribution in [1.82, 2.24) is 9.97 Å². The number of benzene rings is 1. The third-order valence-electron chi connectivity index (χ3n) is 3.67. The Morgan fingerprint density at radius 2 is 1.96 bits per heavy atom. The number of nitrogens with zero attached hydrogens (tertiary/aromatic N) is 2. The van der Waals surface area contributed by atoms with Crippen molar-refractivity contribution in [3.8, 4) is 0 Å². The van der Waals surface area contributed by atoms with Crippen molar-refractivity contribution < 1.29 is 18.7 Å². The van der Waals surface area contributed by atoms with Crippen molar-refractivity contribution >= 4 is 23.5 Å². The quantitative estimate of drug-likeness (QED) is 0.646. The molecule has 3 rings (SSSR count). The zero-order chi connectivity index (χ0) is 19.2. The summed E-state index contributed by atoms with van der Waals surface area (Å²) in [5, 5.41) is 5.71. The molecule has 1 aromatic carbocycles. The number of aryl methyl sites for hydroxylation is 1. The molecule has 0 bridgehead atoms. The molecule has 0 fully saturated rings. The summed E-state index contributed by atoms with van der Waals surface area (Å²) in [5.74, 6) is 0.0272. The van der Waals surface area contributed by atoms with Gasteiger partial charge in [-0.05, 0) is 37.3 Å². The molecule has 138 valence electrons. The Labute approximate surface area is 155 Å². The maximum atomic E-state index is 12.6. The highest BCUT2D eigenvalue weighted by atomic mass is 16.5. The van der Waals surface area contributed by atoms with E-state index in [0.717, 1.165) is 5.76 Å². The first-order valence-electron chi connectivity index (χ1n) is 8.17. The van der Waals surface area contributed by atoms with E-state index in [1.54, 1.807) is 49.6 Å². The van der Waals surface area contributed by atoms with Crippen LogP contribution >= 0.6 is 0 Å². The topological polar surface area (TPSA) is 106 Å². The first-order valence-corrected chi connectivity index (χ1v) is 8.17. The molecule has 0 aliphatic heterocycles. The predicted molar refractivity (Wildman–Crippen MR) is 98.5 cm³/mol.